The molecule has 19 heavy (non-hydrogen) atoms. The van der Waals surface area contributed by atoms with Crippen LogP contribution in [-0.2, 0) is 0 Å². The third-order valence-electron chi connectivity index (χ3n) is 3.46. The Hall–Kier alpha value is -1.95. The van der Waals surface area contributed by atoms with Crippen molar-refractivity contribution in [2.45, 2.75) is 25.3 Å². The van der Waals surface area contributed by atoms with Crippen LogP contribution in [0.5, 0.6) is 0 Å². The summed E-state index contributed by atoms with van der Waals surface area (Å²) in [6.07, 6.45) is 2.93. The summed E-state index contributed by atoms with van der Waals surface area (Å²) in [6, 6.07) is 5.89. The second kappa shape index (κ2) is 5.79. The van der Waals surface area contributed by atoms with E-state index in [2.05, 4.69) is 0 Å². The summed E-state index contributed by atoms with van der Waals surface area (Å²) in [6.45, 7) is 1.10. The fourth-order valence-corrected chi connectivity index (χ4v) is 2.43. The summed E-state index contributed by atoms with van der Waals surface area (Å²) < 4.78 is 0. The van der Waals surface area contributed by atoms with Crippen molar-refractivity contribution < 1.29 is 9.72 Å². The van der Waals surface area contributed by atoms with Crippen LogP contribution < -0.4 is 5.73 Å². The zero-order valence-electron chi connectivity index (χ0n) is 10.6. The number of non-ortho nitro benzene ring substituents is 1. The van der Waals surface area contributed by atoms with E-state index in [0.29, 0.717) is 18.7 Å². The van der Waals surface area contributed by atoms with E-state index in [-0.39, 0.29) is 17.6 Å². The molecule has 102 valence electrons. The van der Waals surface area contributed by atoms with Gasteiger partial charge < -0.3 is 10.6 Å². The molecule has 1 aliphatic rings. The van der Waals surface area contributed by atoms with Gasteiger partial charge >= 0.3 is 0 Å². The molecule has 1 atom stereocenters. The van der Waals surface area contributed by atoms with Crippen molar-refractivity contribution in [2.75, 3.05) is 13.1 Å². The molecule has 0 saturated carbocycles. The topological polar surface area (TPSA) is 89.5 Å². The Morgan fingerprint density at radius 2 is 2.26 bits per heavy atom. The maximum Gasteiger partial charge on any atom is 0.270 e. The second-order valence-electron chi connectivity index (χ2n) is 4.69. The number of carbonyl (C=O) groups is 1. The predicted octanol–water partition coefficient (Wildman–Crippen LogP) is 1.55. The standard InChI is InChI=1S/C13H17N3O3/c14-9-12-5-1-2-7-15(12)13(17)10-4-3-6-11(8-10)16(18)19/h3-4,6,8,12H,1-2,5,7,9,14H2. The first-order valence-corrected chi connectivity index (χ1v) is 6.39. The molecule has 1 aliphatic heterocycles. The van der Waals surface area contributed by atoms with Crippen molar-refractivity contribution in [3.8, 4) is 0 Å². The molecule has 1 saturated heterocycles. The van der Waals surface area contributed by atoms with Gasteiger partial charge in [-0.05, 0) is 25.3 Å². The van der Waals surface area contributed by atoms with E-state index in [1.165, 1.54) is 18.2 Å². The minimum absolute atomic E-state index is 0.0421. The minimum atomic E-state index is -0.493. The molecule has 2 N–H and O–H groups in total. The van der Waals surface area contributed by atoms with Gasteiger partial charge in [0, 0.05) is 36.8 Å². The van der Waals surface area contributed by atoms with Gasteiger partial charge in [0.25, 0.3) is 11.6 Å². The van der Waals surface area contributed by atoms with Crippen LogP contribution >= 0.6 is 0 Å². The SMILES string of the molecule is NCC1CCCCN1C(=O)c1cccc([N+](=O)[O-])c1. The highest BCUT2D eigenvalue weighted by molar-refractivity contribution is 5.95. The lowest BCUT2D eigenvalue weighted by molar-refractivity contribution is -0.384. The first-order chi connectivity index (χ1) is 9.13. The van der Waals surface area contributed by atoms with Crippen molar-refractivity contribution in [2.24, 2.45) is 5.73 Å². The molecular weight excluding hydrogens is 246 g/mol. The van der Waals surface area contributed by atoms with E-state index >= 15 is 0 Å². The number of carbonyl (C=O) groups excluding carboxylic acids is 1. The number of nitro benzene ring substituents is 1. The van der Waals surface area contributed by atoms with Gasteiger partial charge in [-0.25, -0.2) is 0 Å². The number of benzene rings is 1. The normalized spacial score (nSPS) is 19.2. The smallest absolute Gasteiger partial charge is 0.270 e. The van der Waals surface area contributed by atoms with Crippen molar-refractivity contribution in [1.82, 2.24) is 4.90 Å². The van der Waals surface area contributed by atoms with Crippen molar-refractivity contribution in [3.05, 3.63) is 39.9 Å². The summed E-state index contributed by atoms with van der Waals surface area (Å²) in [4.78, 5) is 24.4. The number of likely N-dealkylation sites (tertiary alicyclic amines) is 1. The average Bonchev–Trinajstić information content (AvgIpc) is 2.46. The lowest BCUT2D eigenvalue weighted by Crippen LogP contribution is -2.47. The number of nitro groups is 1. The molecule has 1 unspecified atom stereocenters. The molecule has 1 aromatic carbocycles. The molecule has 2 rings (SSSR count). The number of amides is 1. The highest BCUT2D eigenvalue weighted by atomic mass is 16.6. The van der Waals surface area contributed by atoms with Crippen molar-refractivity contribution >= 4 is 11.6 Å². The maximum atomic E-state index is 12.4. The Morgan fingerprint density at radius 3 is 2.95 bits per heavy atom. The van der Waals surface area contributed by atoms with Crippen LogP contribution in [0.3, 0.4) is 0 Å². The maximum absolute atomic E-state index is 12.4. The average molecular weight is 263 g/mol. The fourth-order valence-electron chi connectivity index (χ4n) is 2.43. The van der Waals surface area contributed by atoms with Crippen LogP contribution in [0.25, 0.3) is 0 Å². The Bertz CT molecular complexity index is 490. The molecule has 1 heterocycles. The molecule has 6 heteroatoms. The van der Waals surface area contributed by atoms with E-state index in [1.54, 1.807) is 11.0 Å². The highest BCUT2D eigenvalue weighted by Gasteiger charge is 2.27. The monoisotopic (exact) mass is 263 g/mol. The number of nitrogens with zero attached hydrogens (tertiary/aromatic N) is 2. The largest absolute Gasteiger partial charge is 0.334 e. The summed E-state index contributed by atoms with van der Waals surface area (Å²) in [5, 5.41) is 10.7. The van der Waals surface area contributed by atoms with Crippen molar-refractivity contribution in [1.29, 1.82) is 0 Å². The third kappa shape index (κ3) is 2.90. The molecule has 1 fully saturated rings. The number of nitrogens with two attached hydrogens (primary N) is 1. The molecular formula is C13H17N3O3. The van der Waals surface area contributed by atoms with Gasteiger partial charge in [0.2, 0.25) is 0 Å². The predicted molar refractivity (Wildman–Crippen MR) is 70.8 cm³/mol. The van der Waals surface area contributed by atoms with E-state index < -0.39 is 4.92 Å². The van der Waals surface area contributed by atoms with Crippen LogP contribution in [-0.4, -0.2) is 34.9 Å². The Kier molecular flexibility index (Phi) is 4.11. The summed E-state index contributed by atoms with van der Waals surface area (Å²) >= 11 is 0. The van der Waals surface area contributed by atoms with Gasteiger partial charge in [-0.1, -0.05) is 6.07 Å². The molecule has 1 aromatic rings. The zero-order chi connectivity index (χ0) is 13.8. The van der Waals surface area contributed by atoms with Crippen LogP contribution in [0, 0.1) is 10.1 Å². The zero-order valence-corrected chi connectivity index (χ0v) is 10.6. The van der Waals surface area contributed by atoms with Crippen LogP contribution in [0.2, 0.25) is 0 Å². The first kappa shape index (κ1) is 13.5. The van der Waals surface area contributed by atoms with Gasteiger partial charge in [0.15, 0.2) is 0 Å². The Morgan fingerprint density at radius 1 is 1.47 bits per heavy atom. The van der Waals surface area contributed by atoms with E-state index in [4.69, 9.17) is 5.73 Å². The van der Waals surface area contributed by atoms with Crippen LogP contribution in [0.1, 0.15) is 29.6 Å². The molecule has 0 radical (unpaired) electrons. The molecule has 0 aromatic heterocycles. The number of rotatable bonds is 3. The minimum Gasteiger partial charge on any atom is -0.334 e. The molecule has 0 spiro atoms. The molecule has 6 nitrogen and oxygen atoms in total. The van der Waals surface area contributed by atoms with Crippen molar-refractivity contribution in [3.63, 3.8) is 0 Å². The lowest BCUT2D eigenvalue weighted by atomic mass is 10.0. The van der Waals surface area contributed by atoms with Gasteiger partial charge in [-0.15, -0.1) is 0 Å². The number of hydrogen-bond acceptors (Lipinski definition) is 4. The van der Waals surface area contributed by atoms with E-state index in [9.17, 15) is 14.9 Å². The van der Waals surface area contributed by atoms with Crippen LogP contribution in [0.4, 0.5) is 5.69 Å². The van der Waals surface area contributed by atoms with Crippen LogP contribution in [0.15, 0.2) is 24.3 Å². The quantitative estimate of drug-likeness (QED) is 0.661. The lowest BCUT2D eigenvalue weighted by Gasteiger charge is -2.35. The molecule has 0 bridgehead atoms. The molecule has 0 aliphatic carbocycles. The second-order valence-corrected chi connectivity index (χ2v) is 4.69. The first-order valence-electron chi connectivity index (χ1n) is 6.39. The number of hydrogen-bond donors (Lipinski definition) is 1. The number of piperidine rings is 1. The summed E-state index contributed by atoms with van der Waals surface area (Å²) in [5.41, 5.74) is 5.98. The van der Waals surface area contributed by atoms with Gasteiger partial charge in [0.05, 0.1) is 4.92 Å². The van der Waals surface area contributed by atoms with Gasteiger partial charge in [-0.3, -0.25) is 14.9 Å². The van der Waals surface area contributed by atoms with Gasteiger partial charge in [0.1, 0.15) is 0 Å². The molecule has 1 amide bonds. The summed E-state index contributed by atoms with van der Waals surface area (Å²) in [7, 11) is 0. The fraction of sp³-hybridized carbons (Fsp3) is 0.462. The Labute approximate surface area is 111 Å². The van der Waals surface area contributed by atoms with Gasteiger partial charge in [-0.2, -0.15) is 0 Å². The van der Waals surface area contributed by atoms with E-state index in [1.807, 2.05) is 0 Å². The summed E-state index contributed by atoms with van der Waals surface area (Å²) in [5.74, 6) is -0.168. The Balaban J connectivity index is 2.22. The van der Waals surface area contributed by atoms with E-state index in [0.717, 1.165) is 19.3 Å². The highest BCUT2D eigenvalue weighted by Crippen LogP contribution is 2.21. The third-order valence-corrected chi connectivity index (χ3v) is 3.46.